The molecular formula is C11H14FNO. The van der Waals surface area contributed by atoms with Crippen molar-refractivity contribution >= 4 is 5.69 Å². The number of hydrogen-bond acceptors (Lipinski definition) is 2. The van der Waals surface area contributed by atoms with E-state index >= 15 is 0 Å². The van der Waals surface area contributed by atoms with Crippen molar-refractivity contribution in [2.75, 3.05) is 18.0 Å². The number of aliphatic hydroxyl groups excluding tert-OH is 1. The Kier molecular flexibility index (Phi) is 2.68. The molecule has 0 spiro atoms. The zero-order valence-corrected chi connectivity index (χ0v) is 7.99. The van der Waals surface area contributed by atoms with E-state index in [9.17, 15) is 9.50 Å². The molecule has 1 unspecified atom stereocenters. The predicted molar refractivity (Wildman–Crippen MR) is 53.9 cm³/mol. The van der Waals surface area contributed by atoms with E-state index in [1.807, 2.05) is 0 Å². The summed E-state index contributed by atoms with van der Waals surface area (Å²) in [5, 5.41) is 9.48. The van der Waals surface area contributed by atoms with Crippen LogP contribution in [0.15, 0.2) is 24.3 Å². The Morgan fingerprint density at radius 1 is 1.29 bits per heavy atom. The third-order valence-corrected chi connectivity index (χ3v) is 2.59. The van der Waals surface area contributed by atoms with Crippen molar-refractivity contribution < 1.29 is 9.50 Å². The first kappa shape index (κ1) is 9.46. The summed E-state index contributed by atoms with van der Waals surface area (Å²) in [5.41, 5.74) is 0.991. The van der Waals surface area contributed by atoms with E-state index < -0.39 is 0 Å². The van der Waals surface area contributed by atoms with Gasteiger partial charge < -0.3 is 10.0 Å². The summed E-state index contributed by atoms with van der Waals surface area (Å²) in [6.45, 7) is 1.61. The minimum absolute atomic E-state index is 0.216. The largest absolute Gasteiger partial charge is 0.391 e. The van der Waals surface area contributed by atoms with Crippen LogP contribution in [-0.4, -0.2) is 24.3 Å². The summed E-state index contributed by atoms with van der Waals surface area (Å²) in [6.07, 6.45) is 1.63. The van der Waals surface area contributed by atoms with E-state index in [-0.39, 0.29) is 11.9 Å². The molecule has 1 aromatic carbocycles. The molecular weight excluding hydrogens is 181 g/mol. The number of hydrogen-bond donors (Lipinski definition) is 1. The van der Waals surface area contributed by atoms with Gasteiger partial charge in [0.1, 0.15) is 5.82 Å². The lowest BCUT2D eigenvalue weighted by molar-refractivity contribution is 0.154. The SMILES string of the molecule is OC1CCCN(c2ccc(F)cc2)C1. The van der Waals surface area contributed by atoms with Crippen LogP contribution in [0.4, 0.5) is 10.1 Å². The molecule has 1 N–H and O–H groups in total. The molecule has 14 heavy (non-hydrogen) atoms. The van der Waals surface area contributed by atoms with Crippen molar-refractivity contribution in [1.29, 1.82) is 0 Å². The van der Waals surface area contributed by atoms with Crippen molar-refractivity contribution in [2.24, 2.45) is 0 Å². The van der Waals surface area contributed by atoms with Gasteiger partial charge in [0.25, 0.3) is 0 Å². The van der Waals surface area contributed by atoms with E-state index in [1.54, 1.807) is 12.1 Å². The standard InChI is InChI=1S/C11H14FNO/c12-9-3-5-10(6-4-9)13-7-1-2-11(14)8-13/h3-6,11,14H,1-2,7-8H2. The van der Waals surface area contributed by atoms with Gasteiger partial charge in [0, 0.05) is 18.8 Å². The van der Waals surface area contributed by atoms with Crippen LogP contribution in [0.1, 0.15) is 12.8 Å². The Hall–Kier alpha value is -1.09. The molecule has 1 heterocycles. The monoisotopic (exact) mass is 195 g/mol. The summed E-state index contributed by atoms with van der Waals surface area (Å²) in [5.74, 6) is -0.216. The summed E-state index contributed by atoms with van der Waals surface area (Å²) in [4.78, 5) is 2.09. The fourth-order valence-electron chi connectivity index (χ4n) is 1.84. The maximum absolute atomic E-state index is 12.7. The number of β-amino-alcohol motifs (C(OH)–C–C–N with tert-alkyl or cyclic N) is 1. The van der Waals surface area contributed by atoms with Gasteiger partial charge in [0.2, 0.25) is 0 Å². The third kappa shape index (κ3) is 2.04. The predicted octanol–water partition coefficient (Wildman–Crippen LogP) is 1.79. The molecule has 1 atom stereocenters. The second-order valence-electron chi connectivity index (χ2n) is 3.72. The highest BCUT2D eigenvalue weighted by Crippen LogP contribution is 2.19. The van der Waals surface area contributed by atoms with Gasteiger partial charge in [-0.15, -0.1) is 0 Å². The number of aliphatic hydroxyl groups is 1. The first-order valence-corrected chi connectivity index (χ1v) is 4.94. The smallest absolute Gasteiger partial charge is 0.123 e. The normalized spacial score (nSPS) is 22.4. The molecule has 0 bridgehead atoms. The number of nitrogens with zero attached hydrogens (tertiary/aromatic N) is 1. The van der Waals surface area contributed by atoms with E-state index in [4.69, 9.17) is 0 Å². The fourth-order valence-corrected chi connectivity index (χ4v) is 1.84. The van der Waals surface area contributed by atoms with Gasteiger partial charge in [-0.2, -0.15) is 0 Å². The van der Waals surface area contributed by atoms with Crippen LogP contribution < -0.4 is 4.90 Å². The Labute approximate surface area is 83.0 Å². The van der Waals surface area contributed by atoms with E-state index in [0.29, 0.717) is 6.54 Å². The average Bonchev–Trinajstić information content (AvgIpc) is 2.19. The van der Waals surface area contributed by atoms with Gasteiger partial charge in [-0.25, -0.2) is 4.39 Å². The summed E-state index contributed by atoms with van der Waals surface area (Å²) < 4.78 is 12.7. The second kappa shape index (κ2) is 3.96. The zero-order chi connectivity index (χ0) is 9.97. The van der Waals surface area contributed by atoms with Crippen LogP contribution in [0, 0.1) is 5.82 Å². The maximum Gasteiger partial charge on any atom is 0.123 e. The highest BCUT2D eigenvalue weighted by Gasteiger charge is 2.17. The van der Waals surface area contributed by atoms with Gasteiger partial charge in [-0.05, 0) is 37.1 Å². The second-order valence-corrected chi connectivity index (χ2v) is 3.72. The average molecular weight is 195 g/mol. The van der Waals surface area contributed by atoms with Gasteiger partial charge in [0.05, 0.1) is 6.10 Å². The molecule has 1 saturated heterocycles. The molecule has 0 radical (unpaired) electrons. The number of anilines is 1. The van der Waals surface area contributed by atoms with Gasteiger partial charge in [-0.1, -0.05) is 0 Å². The Morgan fingerprint density at radius 3 is 2.64 bits per heavy atom. The zero-order valence-electron chi connectivity index (χ0n) is 7.99. The lowest BCUT2D eigenvalue weighted by atomic mass is 10.1. The van der Waals surface area contributed by atoms with Crippen LogP contribution in [0.3, 0.4) is 0 Å². The van der Waals surface area contributed by atoms with Gasteiger partial charge >= 0.3 is 0 Å². The molecule has 0 aromatic heterocycles. The quantitative estimate of drug-likeness (QED) is 0.738. The van der Waals surface area contributed by atoms with Crippen LogP contribution in [0.2, 0.25) is 0 Å². The molecule has 1 fully saturated rings. The van der Waals surface area contributed by atoms with Crippen LogP contribution >= 0.6 is 0 Å². The lowest BCUT2D eigenvalue weighted by Crippen LogP contribution is -2.38. The minimum Gasteiger partial charge on any atom is -0.391 e. The third-order valence-electron chi connectivity index (χ3n) is 2.59. The number of rotatable bonds is 1. The Morgan fingerprint density at radius 2 is 2.00 bits per heavy atom. The Balaban J connectivity index is 2.10. The number of halogens is 1. The van der Waals surface area contributed by atoms with E-state index in [0.717, 1.165) is 25.1 Å². The molecule has 2 rings (SSSR count). The van der Waals surface area contributed by atoms with Crippen LogP contribution in [0.5, 0.6) is 0 Å². The van der Waals surface area contributed by atoms with Gasteiger partial charge in [0.15, 0.2) is 0 Å². The van der Waals surface area contributed by atoms with Crippen LogP contribution in [-0.2, 0) is 0 Å². The van der Waals surface area contributed by atoms with Crippen molar-refractivity contribution in [3.8, 4) is 0 Å². The molecule has 1 aromatic rings. The van der Waals surface area contributed by atoms with Crippen molar-refractivity contribution in [1.82, 2.24) is 0 Å². The summed E-state index contributed by atoms with van der Waals surface area (Å²) >= 11 is 0. The molecule has 76 valence electrons. The molecule has 0 aliphatic carbocycles. The molecule has 1 aliphatic rings. The highest BCUT2D eigenvalue weighted by molar-refractivity contribution is 5.46. The highest BCUT2D eigenvalue weighted by atomic mass is 19.1. The molecule has 3 heteroatoms. The minimum atomic E-state index is -0.242. The van der Waals surface area contributed by atoms with Crippen LogP contribution in [0.25, 0.3) is 0 Å². The van der Waals surface area contributed by atoms with E-state index in [2.05, 4.69) is 4.90 Å². The lowest BCUT2D eigenvalue weighted by Gasteiger charge is -2.31. The van der Waals surface area contributed by atoms with E-state index in [1.165, 1.54) is 12.1 Å². The van der Waals surface area contributed by atoms with Crippen molar-refractivity contribution in [3.05, 3.63) is 30.1 Å². The molecule has 2 nitrogen and oxygen atoms in total. The number of piperidine rings is 1. The summed E-state index contributed by atoms with van der Waals surface area (Å²) in [7, 11) is 0. The topological polar surface area (TPSA) is 23.5 Å². The Bertz CT molecular complexity index is 299. The fraction of sp³-hybridized carbons (Fsp3) is 0.455. The molecule has 1 aliphatic heterocycles. The van der Waals surface area contributed by atoms with Gasteiger partial charge in [-0.3, -0.25) is 0 Å². The first-order valence-electron chi connectivity index (χ1n) is 4.94. The maximum atomic E-state index is 12.7. The summed E-state index contributed by atoms with van der Waals surface area (Å²) in [6, 6.07) is 6.42. The van der Waals surface area contributed by atoms with Crippen molar-refractivity contribution in [3.63, 3.8) is 0 Å². The molecule has 0 saturated carbocycles. The van der Waals surface area contributed by atoms with Crippen molar-refractivity contribution in [2.45, 2.75) is 18.9 Å². The molecule has 0 amide bonds. The number of benzene rings is 1. The first-order chi connectivity index (χ1) is 6.75.